The summed E-state index contributed by atoms with van der Waals surface area (Å²) in [5.41, 5.74) is 2.74. The molecule has 0 spiro atoms. The number of hydrogen-bond acceptors (Lipinski definition) is 8. The van der Waals surface area contributed by atoms with Crippen molar-refractivity contribution in [1.82, 2.24) is 20.1 Å². The van der Waals surface area contributed by atoms with Gasteiger partial charge < -0.3 is 19.5 Å². The highest BCUT2D eigenvalue weighted by atomic mass is 16.6. The van der Waals surface area contributed by atoms with Gasteiger partial charge in [-0.2, -0.15) is 0 Å². The highest BCUT2D eigenvalue weighted by Gasteiger charge is 2.16. The highest BCUT2D eigenvalue weighted by molar-refractivity contribution is 5.43. The third kappa shape index (κ3) is 6.68. The van der Waals surface area contributed by atoms with E-state index in [2.05, 4.69) is 20.1 Å². The van der Waals surface area contributed by atoms with E-state index in [0.29, 0.717) is 24.6 Å². The van der Waals surface area contributed by atoms with Crippen LogP contribution in [0.15, 0.2) is 22.8 Å². The minimum atomic E-state index is -0.516. The SMILES string of the molecule is COc1cc(CN(C)Cc2nonc2C)ccc1OCC(O)CN1CCCCCC1. The lowest BCUT2D eigenvalue weighted by Gasteiger charge is -2.23. The number of ether oxygens (including phenoxy) is 2. The molecule has 8 nitrogen and oxygen atoms in total. The molecular formula is C22H34N4O4. The van der Waals surface area contributed by atoms with Crippen LogP contribution in [0.2, 0.25) is 0 Å². The number of likely N-dealkylation sites (tertiary alicyclic amines) is 1. The number of benzene rings is 1. The van der Waals surface area contributed by atoms with E-state index >= 15 is 0 Å². The van der Waals surface area contributed by atoms with Crippen molar-refractivity contribution in [3.8, 4) is 11.5 Å². The molecule has 1 aliphatic rings. The monoisotopic (exact) mass is 418 g/mol. The molecule has 0 aliphatic carbocycles. The maximum atomic E-state index is 10.4. The summed E-state index contributed by atoms with van der Waals surface area (Å²) >= 11 is 0. The fourth-order valence-electron chi connectivity index (χ4n) is 3.80. The second kappa shape index (κ2) is 11.3. The third-order valence-electron chi connectivity index (χ3n) is 5.45. The van der Waals surface area contributed by atoms with Crippen molar-refractivity contribution in [3.05, 3.63) is 35.2 Å². The van der Waals surface area contributed by atoms with Gasteiger partial charge in [0.25, 0.3) is 0 Å². The molecule has 1 aromatic carbocycles. The lowest BCUT2D eigenvalue weighted by Crippen LogP contribution is -2.36. The maximum absolute atomic E-state index is 10.4. The van der Waals surface area contributed by atoms with Crippen molar-refractivity contribution in [2.45, 2.75) is 51.8 Å². The lowest BCUT2D eigenvalue weighted by atomic mass is 10.2. The molecule has 0 amide bonds. The van der Waals surface area contributed by atoms with E-state index in [1.54, 1.807) is 7.11 Å². The van der Waals surface area contributed by atoms with Crippen molar-refractivity contribution < 1.29 is 19.2 Å². The zero-order valence-electron chi connectivity index (χ0n) is 18.3. The number of aryl methyl sites for hydroxylation is 1. The molecule has 166 valence electrons. The lowest BCUT2D eigenvalue weighted by molar-refractivity contribution is 0.0683. The molecular weight excluding hydrogens is 384 g/mol. The van der Waals surface area contributed by atoms with Crippen LogP contribution in [0.25, 0.3) is 0 Å². The Morgan fingerprint density at radius 1 is 1.13 bits per heavy atom. The van der Waals surface area contributed by atoms with Gasteiger partial charge in [0.15, 0.2) is 11.5 Å². The van der Waals surface area contributed by atoms with Crippen LogP contribution in [0.5, 0.6) is 11.5 Å². The Labute approximate surface area is 178 Å². The average molecular weight is 419 g/mol. The van der Waals surface area contributed by atoms with Gasteiger partial charge in [-0.05, 0) is 57.6 Å². The normalized spacial score (nSPS) is 16.4. The summed E-state index contributed by atoms with van der Waals surface area (Å²) in [4.78, 5) is 4.47. The summed E-state index contributed by atoms with van der Waals surface area (Å²) in [5.74, 6) is 1.32. The van der Waals surface area contributed by atoms with Gasteiger partial charge in [-0.25, -0.2) is 4.63 Å². The van der Waals surface area contributed by atoms with E-state index < -0.39 is 6.10 Å². The molecule has 0 bridgehead atoms. The quantitative estimate of drug-likeness (QED) is 0.630. The smallest absolute Gasteiger partial charge is 0.161 e. The van der Waals surface area contributed by atoms with Crippen molar-refractivity contribution >= 4 is 0 Å². The summed E-state index contributed by atoms with van der Waals surface area (Å²) < 4.78 is 16.2. The number of rotatable bonds is 10. The van der Waals surface area contributed by atoms with Gasteiger partial charge in [0.05, 0.1) is 7.11 Å². The first-order chi connectivity index (χ1) is 14.5. The van der Waals surface area contributed by atoms with Crippen molar-refractivity contribution in [2.24, 2.45) is 0 Å². The molecule has 1 saturated heterocycles. The number of nitrogens with zero attached hydrogens (tertiary/aromatic N) is 4. The topological polar surface area (TPSA) is 84.1 Å². The fourth-order valence-corrected chi connectivity index (χ4v) is 3.80. The van der Waals surface area contributed by atoms with E-state index in [1.807, 2.05) is 32.2 Å². The van der Waals surface area contributed by atoms with Crippen molar-refractivity contribution in [1.29, 1.82) is 0 Å². The predicted molar refractivity (Wildman–Crippen MR) is 114 cm³/mol. The van der Waals surface area contributed by atoms with Crippen LogP contribution < -0.4 is 9.47 Å². The second-order valence-electron chi connectivity index (χ2n) is 8.13. The van der Waals surface area contributed by atoms with Gasteiger partial charge in [0.1, 0.15) is 24.1 Å². The second-order valence-corrected chi connectivity index (χ2v) is 8.13. The minimum absolute atomic E-state index is 0.255. The minimum Gasteiger partial charge on any atom is -0.493 e. The van der Waals surface area contributed by atoms with E-state index in [-0.39, 0.29) is 6.61 Å². The van der Waals surface area contributed by atoms with Crippen LogP contribution in [0.1, 0.15) is 42.6 Å². The molecule has 1 unspecified atom stereocenters. The Hall–Kier alpha value is -2.16. The molecule has 2 heterocycles. The first-order valence-corrected chi connectivity index (χ1v) is 10.7. The van der Waals surface area contributed by atoms with Gasteiger partial charge in [0.2, 0.25) is 0 Å². The van der Waals surface area contributed by atoms with Crippen molar-refractivity contribution in [3.63, 3.8) is 0 Å². The summed E-state index contributed by atoms with van der Waals surface area (Å²) in [7, 11) is 3.65. The Kier molecular flexibility index (Phi) is 8.48. The van der Waals surface area contributed by atoms with E-state index in [9.17, 15) is 5.11 Å². The van der Waals surface area contributed by atoms with Gasteiger partial charge in [-0.15, -0.1) is 0 Å². The summed E-state index contributed by atoms with van der Waals surface area (Å²) in [6, 6.07) is 5.90. The summed E-state index contributed by atoms with van der Waals surface area (Å²) in [6.45, 7) is 6.29. The van der Waals surface area contributed by atoms with Crippen LogP contribution in [0, 0.1) is 6.92 Å². The molecule has 3 rings (SSSR count). The Morgan fingerprint density at radius 2 is 1.90 bits per heavy atom. The maximum Gasteiger partial charge on any atom is 0.161 e. The van der Waals surface area contributed by atoms with Crippen LogP contribution in [-0.4, -0.2) is 71.7 Å². The van der Waals surface area contributed by atoms with Crippen LogP contribution in [0.3, 0.4) is 0 Å². The molecule has 2 aromatic rings. The van der Waals surface area contributed by atoms with Gasteiger partial charge in [0, 0.05) is 19.6 Å². The summed E-state index contributed by atoms with van der Waals surface area (Å²) in [6.07, 6.45) is 4.49. The first kappa shape index (κ1) is 22.5. The van der Waals surface area contributed by atoms with E-state index in [4.69, 9.17) is 14.1 Å². The van der Waals surface area contributed by atoms with Crippen LogP contribution in [-0.2, 0) is 13.1 Å². The standard InChI is InChI=1S/C22H34N4O4/c1-17-20(24-30-23-17)15-25(2)13-18-8-9-21(22(12-18)28-3)29-16-19(27)14-26-10-6-4-5-7-11-26/h8-9,12,19,27H,4-7,10-11,13-16H2,1-3H3. The molecule has 1 fully saturated rings. The number of β-amino-alcohol motifs (C(OH)–C–C–N with tert-alkyl or cyclic N) is 1. The van der Waals surface area contributed by atoms with Gasteiger partial charge in [-0.1, -0.05) is 29.2 Å². The number of aromatic nitrogens is 2. The third-order valence-corrected chi connectivity index (χ3v) is 5.45. The number of hydrogen-bond donors (Lipinski definition) is 1. The molecule has 0 radical (unpaired) electrons. The van der Waals surface area contributed by atoms with E-state index in [1.165, 1.54) is 25.7 Å². The molecule has 1 aromatic heterocycles. The molecule has 1 atom stereocenters. The Bertz CT molecular complexity index is 774. The van der Waals surface area contributed by atoms with Crippen LogP contribution >= 0.6 is 0 Å². The highest BCUT2D eigenvalue weighted by Crippen LogP contribution is 2.29. The molecule has 0 saturated carbocycles. The molecule has 30 heavy (non-hydrogen) atoms. The average Bonchev–Trinajstić information content (AvgIpc) is 2.97. The largest absolute Gasteiger partial charge is 0.493 e. The first-order valence-electron chi connectivity index (χ1n) is 10.7. The molecule has 8 heteroatoms. The van der Waals surface area contributed by atoms with Crippen molar-refractivity contribution in [2.75, 3.05) is 40.4 Å². The summed E-state index contributed by atoms with van der Waals surface area (Å²) in [5, 5.41) is 18.2. The number of methoxy groups -OCH3 is 1. The molecule has 1 aliphatic heterocycles. The molecule has 1 N–H and O–H groups in total. The zero-order valence-corrected chi connectivity index (χ0v) is 18.3. The van der Waals surface area contributed by atoms with E-state index in [0.717, 1.165) is 36.6 Å². The fraction of sp³-hybridized carbons (Fsp3) is 0.636. The number of aliphatic hydroxyl groups excluding tert-OH is 1. The Balaban J connectivity index is 1.51. The van der Waals surface area contributed by atoms with Crippen LogP contribution in [0.4, 0.5) is 0 Å². The Morgan fingerprint density at radius 3 is 2.57 bits per heavy atom. The zero-order chi connectivity index (χ0) is 21.3. The van der Waals surface area contributed by atoms with Gasteiger partial charge in [-0.3, -0.25) is 4.90 Å². The number of aliphatic hydroxyl groups is 1. The van der Waals surface area contributed by atoms with Gasteiger partial charge >= 0.3 is 0 Å². The predicted octanol–water partition coefficient (Wildman–Crippen LogP) is 2.63.